The van der Waals surface area contributed by atoms with Crippen molar-refractivity contribution in [2.75, 3.05) is 25.3 Å². The second-order valence-electron chi connectivity index (χ2n) is 6.50. The molecule has 1 aliphatic heterocycles. The van der Waals surface area contributed by atoms with Crippen molar-refractivity contribution < 1.29 is 19.1 Å². The Balaban J connectivity index is 1.71. The van der Waals surface area contributed by atoms with Gasteiger partial charge < -0.3 is 20.1 Å². The predicted octanol–water partition coefficient (Wildman–Crippen LogP) is 3.41. The number of ether oxygens (including phenoxy) is 2. The molecular formula is C22H21N3O4S. The molecule has 0 aromatic heterocycles. The average molecular weight is 423 g/mol. The maximum atomic E-state index is 12.3. The molecule has 0 saturated heterocycles. The number of nitrogens with zero attached hydrogens (tertiary/aromatic N) is 1. The van der Waals surface area contributed by atoms with Crippen LogP contribution in [0.25, 0.3) is 0 Å². The zero-order valence-electron chi connectivity index (χ0n) is 16.6. The fourth-order valence-corrected chi connectivity index (χ4v) is 3.94. The van der Waals surface area contributed by atoms with Crippen LogP contribution in [0.2, 0.25) is 0 Å². The van der Waals surface area contributed by atoms with Crippen LogP contribution in [-0.4, -0.2) is 31.8 Å². The number of hydrogen-bond acceptors (Lipinski definition) is 6. The van der Waals surface area contributed by atoms with E-state index in [1.807, 2.05) is 12.1 Å². The number of nitriles is 1. The van der Waals surface area contributed by atoms with Crippen LogP contribution in [0.1, 0.15) is 17.9 Å². The Labute approximate surface area is 179 Å². The summed E-state index contributed by atoms with van der Waals surface area (Å²) in [7, 11) is 3.15. The molecular weight excluding hydrogens is 402 g/mol. The lowest BCUT2D eigenvalue weighted by Gasteiger charge is -2.25. The van der Waals surface area contributed by atoms with Crippen LogP contribution in [0.3, 0.4) is 0 Å². The van der Waals surface area contributed by atoms with Gasteiger partial charge in [0.2, 0.25) is 11.8 Å². The van der Waals surface area contributed by atoms with E-state index in [0.717, 1.165) is 17.3 Å². The van der Waals surface area contributed by atoms with E-state index in [1.54, 1.807) is 50.6 Å². The lowest BCUT2D eigenvalue weighted by molar-refractivity contribution is -0.121. The normalized spacial score (nSPS) is 15.8. The van der Waals surface area contributed by atoms with Crippen LogP contribution in [-0.2, 0) is 9.59 Å². The summed E-state index contributed by atoms with van der Waals surface area (Å²) in [5.74, 6) is 0.666. The number of hydrogen-bond donors (Lipinski definition) is 2. The first kappa shape index (κ1) is 21.3. The highest BCUT2D eigenvalue weighted by atomic mass is 32.2. The molecule has 0 spiro atoms. The van der Waals surface area contributed by atoms with Crippen molar-refractivity contribution in [1.82, 2.24) is 5.32 Å². The number of methoxy groups -OCH3 is 2. The molecule has 2 aromatic carbocycles. The van der Waals surface area contributed by atoms with Crippen LogP contribution in [0.5, 0.6) is 11.5 Å². The Kier molecular flexibility index (Phi) is 6.99. The summed E-state index contributed by atoms with van der Waals surface area (Å²) >= 11 is 1.14. The predicted molar refractivity (Wildman–Crippen MR) is 115 cm³/mol. The standard InChI is InChI=1S/C22H21N3O4S/c1-28-16-7-3-14(4-8-16)18-11-20(26)25-22(19(18)12-23)30-13-21(27)24-15-5-9-17(29-2)10-6-15/h3-10,18H,11,13H2,1-2H3,(H,24,27)(H,25,26)/t18-/m0/s1. The van der Waals surface area contributed by atoms with Gasteiger partial charge in [0.05, 0.1) is 36.6 Å². The van der Waals surface area contributed by atoms with Crippen LogP contribution in [0, 0.1) is 11.3 Å². The van der Waals surface area contributed by atoms with E-state index >= 15 is 0 Å². The minimum atomic E-state index is -0.359. The number of amides is 2. The lowest BCUT2D eigenvalue weighted by Crippen LogP contribution is -2.31. The van der Waals surface area contributed by atoms with Crippen molar-refractivity contribution >= 4 is 29.3 Å². The van der Waals surface area contributed by atoms with Gasteiger partial charge in [0.25, 0.3) is 0 Å². The van der Waals surface area contributed by atoms with Gasteiger partial charge in [-0.3, -0.25) is 9.59 Å². The maximum Gasteiger partial charge on any atom is 0.234 e. The fraction of sp³-hybridized carbons (Fsp3) is 0.227. The molecule has 0 bridgehead atoms. The zero-order chi connectivity index (χ0) is 21.5. The van der Waals surface area contributed by atoms with Crippen molar-refractivity contribution in [3.63, 3.8) is 0 Å². The molecule has 3 rings (SSSR count). The van der Waals surface area contributed by atoms with Gasteiger partial charge in [0.1, 0.15) is 11.5 Å². The summed E-state index contributed by atoms with van der Waals surface area (Å²) in [5, 5.41) is 15.7. The third-order valence-corrected chi connectivity index (χ3v) is 5.61. The van der Waals surface area contributed by atoms with Gasteiger partial charge in [-0.05, 0) is 42.0 Å². The Morgan fingerprint density at radius 1 is 1.13 bits per heavy atom. The van der Waals surface area contributed by atoms with E-state index < -0.39 is 0 Å². The van der Waals surface area contributed by atoms with Crippen molar-refractivity contribution in [3.05, 3.63) is 64.7 Å². The number of benzene rings is 2. The van der Waals surface area contributed by atoms with Gasteiger partial charge in [0, 0.05) is 18.0 Å². The van der Waals surface area contributed by atoms with E-state index in [2.05, 4.69) is 16.7 Å². The molecule has 0 unspecified atom stereocenters. The summed E-state index contributed by atoms with van der Waals surface area (Å²) in [6.07, 6.45) is 0.178. The fourth-order valence-electron chi connectivity index (χ4n) is 3.06. The molecule has 7 nitrogen and oxygen atoms in total. The van der Waals surface area contributed by atoms with Gasteiger partial charge in [0.15, 0.2) is 0 Å². The number of rotatable bonds is 7. The van der Waals surface area contributed by atoms with E-state index in [9.17, 15) is 14.9 Å². The lowest BCUT2D eigenvalue weighted by atomic mass is 9.87. The first-order chi connectivity index (χ1) is 14.5. The van der Waals surface area contributed by atoms with Gasteiger partial charge in [-0.15, -0.1) is 0 Å². The van der Waals surface area contributed by atoms with Crippen molar-refractivity contribution in [2.45, 2.75) is 12.3 Å². The molecule has 2 N–H and O–H groups in total. The second-order valence-corrected chi connectivity index (χ2v) is 7.48. The average Bonchev–Trinajstić information content (AvgIpc) is 2.78. The Morgan fingerprint density at radius 3 is 2.30 bits per heavy atom. The Bertz CT molecular complexity index is 995. The smallest absolute Gasteiger partial charge is 0.234 e. The highest BCUT2D eigenvalue weighted by Gasteiger charge is 2.29. The molecule has 0 saturated carbocycles. The van der Waals surface area contributed by atoms with Gasteiger partial charge in [-0.1, -0.05) is 23.9 Å². The summed E-state index contributed by atoms with van der Waals surface area (Å²) < 4.78 is 10.3. The van der Waals surface area contributed by atoms with Gasteiger partial charge in [-0.2, -0.15) is 5.26 Å². The number of allylic oxidation sites excluding steroid dienone is 1. The minimum Gasteiger partial charge on any atom is -0.497 e. The minimum absolute atomic E-state index is 0.0577. The molecule has 1 aliphatic rings. The molecule has 0 radical (unpaired) electrons. The summed E-state index contributed by atoms with van der Waals surface area (Å²) in [6, 6.07) is 16.5. The third kappa shape index (κ3) is 5.13. The Morgan fingerprint density at radius 2 is 1.73 bits per heavy atom. The highest BCUT2D eigenvalue weighted by Crippen LogP contribution is 2.36. The van der Waals surface area contributed by atoms with Gasteiger partial charge >= 0.3 is 0 Å². The van der Waals surface area contributed by atoms with Gasteiger partial charge in [-0.25, -0.2) is 0 Å². The largest absolute Gasteiger partial charge is 0.497 e. The summed E-state index contributed by atoms with van der Waals surface area (Å²) in [6.45, 7) is 0. The van der Waals surface area contributed by atoms with Crippen molar-refractivity contribution in [1.29, 1.82) is 5.26 Å². The van der Waals surface area contributed by atoms with E-state index in [-0.39, 0.29) is 29.9 Å². The number of anilines is 1. The molecule has 1 heterocycles. The number of carbonyl (C=O) groups excluding carboxylic acids is 2. The molecule has 2 aromatic rings. The molecule has 0 aliphatic carbocycles. The Hall–Kier alpha value is -3.44. The molecule has 1 atom stereocenters. The molecule has 0 fully saturated rings. The van der Waals surface area contributed by atoms with Crippen molar-refractivity contribution in [2.24, 2.45) is 0 Å². The van der Waals surface area contributed by atoms with Crippen LogP contribution < -0.4 is 20.1 Å². The SMILES string of the molecule is COc1ccc(NC(=O)CSC2=C(C#N)[C@H](c3ccc(OC)cc3)CC(=O)N2)cc1. The molecule has 30 heavy (non-hydrogen) atoms. The second kappa shape index (κ2) is 9.85. The molecule has 154 valence electrons. The zero-order valence-corrected chi connectivity index (χ0v) is 17.4. The quantitative estimate of drug-likeness (QED) is 0.708. The van der Waals surface area contributed by atoms with Crippen LogP contribution >= 0.6 is 11.8 Å². The number of thioether (sulfide) groups is 1. The first-order valence-electron chi connectivity index (χ1n) is 9.18. The van der Waals surface area contributed by atoms with Crippen LogP contribution in [0.15, 0.2) is 59.1 Å². The van der Waals surface area contributed by atoms with E-state index in [1.165, 1.54) is 0 Å². The third-order valence-electron chi connectivity index (χ3n) is 4.60. The molecule has 2 amide bonds. The summed E-state index contributed by atoms with van der Waals surface area (Å²) in [5.41, 5.74) is 1.93. The van der Waals surface area contributed by atoms with E-state index in [4.69, 9.17) is 9.47 Å². The topological polar surface area (TPSA) is 100 Å². The summed E-state index contributed by atoms with van der Waals surface area (Å²) in [4.78, 5) is 24.5. The maximum absolute atomic E-state index is 12.3. The highest BCUT2D eigenvalue weighted by molar-refractivity contribution is 8.03. The molecule has 8 heteroatoms. The van der Waals surface area contributed by atoms with Crippen LogP contribution in [0.4, 0.5) is 5.69 Å². The number of nitrogens with one attached hydrogen (secondary N) is 2. The number of carbonyl (C=O) groups is 2. The van der Waals surface area contributed by atoms with Crippen molar-refractivity contribution in [3.8, 4) is 17.6 Å². The van der Waals surface area contributed by atoms with E-state index in [0.29, 0.717) is 27.8 Å². The monoisotopic (exact) mass is 423 g/mol. The first-order valence-corrected chi connectivity index (χ1v) is 10.2.